The molecule has 1 atom stereocenters. The fraction of sp³-hybridized carbons (Fsp3) is 0.421. The van der Waals surface area contributed by atoms with Crippen molar-refractivity contribution < 1.29 is 19.8 Å². The van der Waals surface area contributed by atoms with E-state index in [4.69, 9.17) is 5.11 Å². The largest absolute Gasteiger partial charge is 0.481 e. The van der Waals surface area contributed by atoms with E-state index in [0.29, 0.717) is 25.1 Å². The van der Waals surface area contributed by atoms with Crippen molar-refractivity contribution in [1.29, 1.82) is 0 Å². The minimum Gasteiger partial charge on any atom is -0.481 e. The van der Waals surface area contributed by atoms with Crippen LogP contribution in [-0.2, 0) is 17.9 Å². The van der Waals surface area contributed by atoms with Gasteiger partial charge in [0, 0.05) is 37.8 Å². The molecule has 8 nitrogen and oxygen atoms in total. The quantitative estimate of drug-likeness (QED) is 0.552. The first-order chi connectivity index (χ1) is 13.0. The van der Waals surface area contributed by atoms with E-state index >= 15 is 0 Å². The van der Waals surface area contributed by atoms with Gasteiger partial charge in [0.25, 0.3) is 0 Å². The van der Waals surface area contributed by atoms with Gasteiger partial charge >= 0.3 is 12.0 Å². The molecule has 0 saturated carbocycles. The number of hydrogen-bond acceptors (Lipinski definition) is 4. The van der Waals surface area contributed by atoms with Crippen molar-refractivity contribution in [2.45, 2.75) is 39.0 Å². The van der Waals surface area contributed by atoms with Gasteiger partial charge in [0.15, 0.2) is 0 Å². The Bertz CT molecular complexity index is 732. The zero-order chi connectivity index (χ0) is 19.6. The molecule has 2 rings (SSSR count). The number of carbonyl (C=O) groups is 2. The lowest BCUT2D eigenvalue weighted by molar-refractivity contribution is -0.137. The molecule has 1 unspecified atom stereocenters. The third-order valence-corrected chi connectivity index (χ3v) is 4.10. The number of carboxylic acid groups (broad SMARTS) is 1. The summed E-state index contributed by atoms with van der Waals surface area (Å²) >= 11 is 0. The molecule has 27 heavy (non-hydrogen) atoms. The van der Waals surface area contributed by atoms with Crippen LogP contribution in [0.1, 0.15) is 37.0 Å². The number of nitrogens with zero attached hydrogens (tertiary/aromatic N) is 3. The average molecular weight is 374 g/mol. The van der Waals surface area contributed by atoms with Crippen LogP contribution in [0.25, 0.3) is 0 Å². The second kappa shape index (κ2) is 10.3. The topological polar surface area (TPSA) is 108 Å². The summed E-state index contributed by atoms with van der Waals surface area (Å²) in [5, 5.41) is 26.1. The normalized spacial score (nSPS) is 11.8. The predicted molar refractivity (Wildman–Crippen MR) is 100.0 cm³/mol. The van der Waals surface area contributed by atoms with E-state index in [-0.39, 0.29) is 25.5 Å². The predicted octanol–water partition coefficient (Wildman–Crippen LogP) is 2.01. The highest BCUT2D eigenvalue weighted by atomic mass is 16.4. The molecule has 0 fully saturated rings. The molecule has 0 aliphatic carbocycles. The lowest BCUT2D eigenvalue weighted by Crippen LogP contribution is -2.42. The van der Waals surface area contributed by atoms with Gasteiger partial charge in [-0.2, -0.15) is 5.10 Å². The first kappa shape index (κ1) is 20.4. The van der Waals surface area contributed by atoms with E-state index in [2.05, 4.69) is 10.4 Å². The number of benzene rings is 1. The fourth-order valence-electron chi connectivity index (χ4n) is 2.61. The van der Waals surface area contributed by atoms with Crippen molar-refractivity contribution >= 4 is 12.0 Å². The SMILES string of the molecule is CCn1cc(C(O)CN(Cc2ccccc2)C(=O)NCCCC(=O)O)cn1. The molecule has 1 aromatic heterocycles. The second-order valence-electron chi connectivity index (χ2n) is 6.24. The van der Waals surface area contributed by atoms with E-state index < -0.39 is 12.1 Å². The summed E-state index contributed by atoms with van der Waals surface area (Å²) in [6.07, 6.45) is 2.85. The Kier molecular flexibility index (Phi) is 7.81. The Morgan fingerprint density at radius 2 is 2.04 bits per heavy atom. The number of urea groups is 1. The van der Waals surface area contributed by atoms with Gasteiger partial charge < -0.3 is 20.4 Å². The van der Waals surface area contributed by atoms with Gasteiger partial charge in [-0.3, -0.25) is 9.48 Å². The molecule has 3 N–H and O–H groups in total. The van der Waals surface area contributed by atoms with Crippen LogP contribution in [0.15, 0.2) is 42.7 Å². The average Bonchev–Trinajstić information content (AvgIpc) is 3.14. The Hall–Kier alpha value is -2.87. The molecule has 146 valence electrons. The molecule has 0 radical (unpaired) electrons. The molecule has 0 spiro atoms. The van der Waals surface area contributed by atoms with E-state index in [1.165, 1.54) is 4.90 Å². The van der Waals surface area contributed by atoms with E-state index in [1.807, 2.05) is 37.3 Å². The molecule has 0 bridgehead atoms. The Labute approximate surface area is 158 Å². The number of rotatable bonds is 10. The summed E-state index contributed by atoms with van der Waals surface area (Å²) < 4.78 is 1.71. The van der Waals surface area contributed by atoms with Gasteiger partial charge in [-0.25, -0.2) is 4.79 Å². The van der Waals surface area contributed by atoms with Gasteiger partial charge in [-0.05, 0) is 18.9 Å². The van der Waals surface area contributed by atoms with E-state index in [0.717, 1.165) is 5.56 Å². The number of aryl methyl sites for hydroxylation is 1. The second-order valence-corrected chi connectivity index (χ2v) is 6.24. The summed E-state index contributed by atoms with van der Waals surface area (Å²) in [5.74, 6) is -0.895. The molecule has 0 aliphatic heterocycles. The minimum absolute atomic E-state index is 0.00219. The lowest BCUT2D eigenvalue weighted by Gasteiger charge is -2.25. The number of aromatic nitrogens is 2. The number of carboxylic acids is 1. The van der Waals surface area contributed by atoms with Crippen LogP contribution in [0.2, 0.25) is 0 Å². The van der Waals surface area contributed by atoms with Crippen LogP contribution in [0.4, 0.5) is 4.79 Å². The number of aliphatic carboxylic acids is 1. The smallest absolute Gasteiger partial charge is 0.317 e. The number of aliphatic hydroxyl groups is 1. The highest BCUT2D eigenvalue weighted by Crippen LogP contribution is 2.15. The van der Waals surface area contributed by atoms with Gasteiger partial charge in [0.05, 0.1) is 18.8 Å². The van der Waals surface area contributed by atoms with Crippen molar-refractivity contribution in [2.24, 2.45) is 0 Å². The maximum absolute atomic E-state index is 12.6. The third-order valence-electron chi connectivity index (χ3n) is 4.10. The lowest BCUT2D eigenvalue weighted by atomic mass is 10.1. The summed E-state index contributed by atoms with van der Waals surface area (Å²) in [4.78, 5) is 24.7. The van der Waals surface area contributed by atoms with Crippen molar-refractivity contribution in [3.05, 3.63) is 53.9 Å². The Morgan fingerprint density at radius 3 is 2.67 bits per heavy atom. The standard InChI is InChI=1S/C19H26N4O4/c1-2-23-13-16(11-21-23)17(24)14-22(12-15-7-4-3-5-8-15)19(27)20-10-6-9-18(25)26/h3-5,7-8,11,13,17,24H,2,6,9-10,12,14H2,1H3,(H,20,27)(H,25,26). The number of carbonyl (C=O) groups excluding carboxylic acids is 1. The minimum atomic E-state index is -0.895. The first-order valence-electron chi connectivity index (χ1n) is 8.98. The molecule has 0 aliphatic rings. The summed E-state index contributed by atoms with van der Waals surface area (Å²) in [6.45, 7) is 3.36. The first-order valence-corrected chi connectivity index (χ1v) is 8.98. The van der Waals surface area contributed by atoms with Gasteiger partial charge in [0.1, 0.15) is 0 Å². The molecule has 2 aromatic rings. The fourth-order valence-corrected chi connectivity index (χ4v) is 2.61. The highest BCUT2D eigenvalue weighted by Gasteiger charge is 2.20. The Balaban J connectivity index is 2.01. The number of amides is 2. The molecule has 8 heteroatoms. The number of hydrogen-bond donors (Lipinski definition) is 3. The maximum Gasteiger partial charge on any atom is 0.317 e. The monoisotopic (exact) mass is 374 g/mol. The highest BCUT2D eigenvalue weighted by molar-refractivity contribution is 5.74. The summed E-state index contributed by atoms with van der Waals surface area (Å²) in [6, 6.07) is 9.15. The van der Waals surface area contributed by atoms with Crippen LogP contribution in [0, 0.1) is 0 Å². The number of nitrogens with one attached hydrogen (secondary N) is 1. The van der Waals surface area contributed by atoms with Crippen LogP contribution in [0.5, 0.6) is 0 Å². The van der Waals surface area contributed by atoms with Crippen molar-refractivity contribution in [1.82, 2.24) is 20.0 Å². The molecule has 0 saturated heterocycles. The third kappa shape index (κ3) is 6.74. The van der Waals surface area contributed by atoms with Crippen molar-refractivity contribution in [3.63, 3.8) is 0 Å². The van der Waals surface area contributed by atoms with Crippen LogP contribution in [0.3, 0.4) is 0 Å². The summed E-state index contributed by atoms with van der Waals surface area (Å²) in [5.41, 5.74) is 1.59. The molecule has 1 aromatic carbocycles. The van der Waals surface area contributed by atoms with Crippen LogP contribution >= 0.6 is 0 Å². The molecule has 2 amide bonds. The number of aliphatic hydroxyl groups excluding tert-OH is 1. The molecular formula is C19H26N4O4. The zero-order valence-corrected chi connectivity index (χ0v) is 15.4. The van der Waals surface area contributed by atoms with Crippen molar-refractivity contribution in [3.8, 4) is 0 Å². The Morgan fingerprint density at radius 1 is 1.30 bits per heavy atom. The van der Waals surface area contributed by atoms with Gasteiger partial charge in [0.2, 0.25) is 0 Å². The molecule has 1 heterocycles. The van der Waals surface area contributed by atoms with Crippen molar-refractivity contribution in [2.75, 3.05) is 13.1 Å². The van der Waals surface area contributed by atoms with E-state index in [1.54, 1.807) is 17.1 Å². The van der Waals surface area contributed by atoms with Gasteiger partial charge in [-0.15, -0.1) is 0 Å². The summed E-state index contributed by atoms with van der Waals surface area (Å²) in [7, 11) is 0. The van der Waals surface area contributed by atoms with E-state index in [9.17, 15) is 14.7 Å². The maximum atomic E-state index is 12.6. The van der Waals surface area contributed by atoms with Crippen LogP contribution in [-0.4, -0.2) is 50.0 Å². The van der Waals surface area contributed by atoms with Crippen LogP contribution < -0.4 is 5.32 Å². The molecular weight excluding hydrogens is 348 g/mol. The van der Waals surface area contributed by atoms with Gasteiger partial charge in [-0.1, -0.05) is 30.3 Å². The zero-order valence-electron chi connectivity index (χ0n) is 15.4.